The van der Waals surface area contributed by atoms with Crippen LogP contribution in [0.4, 0.5) is 0 Å². The molecule has 33 heavy (non-hydrogen) atoms. The van der Waals surface area contributed by atoms with Gasteiger partial charge in [-0.15, -0.1) is 0 Å². The summed E-state index contributed by atoms with van der Waals surface area (Å²) in [5.74, 6) is 5.24. The second-order valence-corrected chi connectivity index (χ2v) is 13.7. The van der Waals surface area contributed by atoms with Gasteiger partial charge >= 0.3 is 5.97 Å². The molecule has 8 atom stereocenters. The zero-order chi connectivity index (χ0) is 24.0. The Balaban J connectivity index is 1.45. The van der Waals surface area contributed by atoms with Gasteiger partial charge in [-0.2, -0.15) is 0 Å². The smallest absolute Gasteiger partial charge is 0.308 e. The van der Waals surface area contributed by atoms with E-state index < -0.39 is 0 Å². The van der Waals surface area contributed by atoms with Gasteiger partial charge in [-0.25, -0.2) is 0 Å². The van der Waals surface area contributed by atoms with Crippen molar-refractivity contribution in [2.45, 2.75) is 125 Å². The van der Waals surface area contributed by atoms with E-state index in [1.54, 1.807) is 5.57 Å². The zero-order valence-corrected chi connectivity index (χ0v) is 22.8. The third kappa shape index (κ3) is 4.71. The first-order valence-corrected chi connectivity index (χ1v) is 14.5. The van der Waals surface area contributed by atoms with Crippen LogP contribution >= 0.6 is 0 Å². The predicted molar refractivity (Wildman–Crippen MR) is 138 cm³/mol. The summed E-state index contributed by atoms with van der Waals surface area (Å²) in [6.07, 6.45) is 17.2. The van der Waals surface area contributed by atoms with E-state index >= 15 is 0 Å². The molecule has 3 saturated carbocycles. The van der Waals surface area contributed by atoms with Gasteiger partial charge in [0.15, 0.2) is 0 Å². The predicted octanol–water partition coefficient (Wildman–Crippen LogP) is 8.60. The molecule has 4 aliphatic carbocycles. The number of esters is 1. The maximum Gasteiger partial charge on any atom is 0.308 e. The molecule has 0 N–H and O–H groups in total. The molecule has 0 bridgehead atoms. The molecule has 0 unspecified atom stereocenters. The first kappa shape index (κ1) is 25.3. The molecule has 0 aromatic heterocycles. The van der Waals surface area contributed by atoms with Crippen molar-refractivity contribution in [3.63, 3.8) is 0 Å². The highest BCUT2D eigenvalue weighted by atomic mass is 16.5. The van der Waals surface area contributed by atoms with Crippen molar-refractivity contribution >= 4 is 5.97 Å². The van der Waals surface area contributed by atoms with Crippen LogP contribution in [-0.4, -0.2) is 12.1 Å². The SMILES string of the molecule is CC(C)CCC[C@H](C)[C@H]1CC[C@H]2[C@@H]3CC=C4C[C@H](OC(=O)C(C)C)CC[C@]4(C)[C@H]3CC[C@]12C. The summed E-state index contributed by atoms with van der Waals surface area (Å²) in [5, 5.41) is 0. The molecule has 0 aromatic carbocycles. The van der Waals surface area contributed by atoms with E-state index in [0.717, 1.165) is 48.3 Å². The molecule has 0 spiro atoms. The Morgan fingerprint density at radius 1 is 1.00 bits per heavy atom. The lowest BCUT2D eigenvalue weighted by molar-refractivity contribution is -0.155. The third-order valence-electron chi connectivity index (χ3n) is 11.0. The fourth-order valence-corrected chi connectivity index (χ4v) is 9.05. The van der Waals surface area contributed by atoms with Crippen LogP contribution in [0.1, 0.15) is 119 Å². The summed E-state index contributed by atoms with van der Waals surface area (Å²) in [7, 11) is 0. The molecule has 3 fully saturated rings. The molecule has 4 rings (SSSR count). The largest absolute Gasteiger partial charge is 0.462 e. The van der Waals surface area contributed by atoms with E-state index in [1.165, 1.54) is 57.8 Å². The van der Waals surface area contributed by atoms with Gasteiger partial charge in [0, 0.05) is 6.42 Å². The summed E-state index contributed by atoms with van der Waals surface area (Å²) < 4.78 is 5.88. The number of hydrogen-bond donors (Lipinski definition) is 0. The summed E-state index contributed by atoms with van der Waals surface area (Å²) in [6.45, 7) is 16.5. The summed E-state index contributed by atoms with van der Waals surface area (Å²) in [5.41, 5.74) is 2.52. The van der Waals surface area contributed by atoms with Crippen LogP contribution in [0.5, 0.6) is 0 Å². The molecular formula is C31H52O2. The van der Waals surface area contributed by atoms with Gasteiger partial charge < -0.3 is 4.74 Å². The number of carbonyl (C=O) groups is 1. The number of allylic oxidation sites excluding steroid dienone is 1. The van der Waals surface area contributed by atoms with Gasteiger partial charge in [0.1, 0.15) is 6.10 Å². The average Bonchev–Trinajstić information content (AvgIpc) is 3.11. The zero-order valence-electron chi connectivity index (χ0n) is 22.8. The minimum atomic E-state index is -0.0258. The highest BCUT2D eigenvalue weighted by molar-refractivity contribution is 5.71. The van der Waals surface area contributed by atoms with E-state index in [9.17, 15) is 4.79 Å². The van der Waals surface area contributed by atoms with Gasteiger partial charge in [0.2, 0.25) is 0 Å². The summed E-state index contributed by atoms with van der Waals surface area (Å²) in [6, 6.07) is 0. The Morgan fingerprint density at radius 2 is 1.76 bits per heavy atom. The van der Waals surface area contributed by atoms with Crippen LogP contribution < -0.4 is 0 Å². The molecule has 188 valence electrons. The Kier molecular flexibility index (Phi) is 7.43. The fraction of sp³-hybridized carbons (Fsp3) is 0.903. The van der Waals surface area contributed by atoms with Crippen LogP contribution in [0.3, 0.4) is 0 Å². The number of fused-ring (bicyclic) bond motifs is 5. The Bertz CT molecular complexity index is 735. The van der Waals surface area contributed by atoms with Crippen molar-refractivity contribution in [2.24, 2.45) is 52.3 Å². The maximum absolute atomic E-state index is 12.2. The van der Waals surface area contributed by atoms with Gasteiger partial charge in [0.05, 0.1) is 5.92 Å². The summed E-state index contributed by atoms with van der Waals surface area (Å²) in [4.78, 5) is 12.2. The van der Waals surface area contributed by atoms with E-state index in [-0.39, 0.29) is 18.0 Å². The molecule has 2 nitrogen and oxygen atoms in total. The Morgan fingerprint density at radius 3 is 2.45 bits per heavy atom. The number of carbonyl (C=O) groups excluding carboxylic acids is 1. The summed E-state index contributed by atoms with van der Waals surface area (Å²) >= 11 is 0. The second-order valence-electron chi connectivity index (χ2n) is 13.7. The van der Waals surface area contributed by atoms with Crippen molar-refractivity contribution < 1.29 is 9.53 Å². The van der Waals surface area contributed by atoms with E-state index in [4.69, 9.17) is 4.74 Å². The highest BCUT2D eigenvalue weighted by Gasteiger charge is 2.59. The second kappa shape index (κ2) is 9.69. The molecule has 0 saturated heterocycles. The van der Waals surface area contributed by atoms with E-state index in [0.29, 0.717) is 10.8 Å². The monoisotopic (exact) mass is 456 g/mol. The Labute approximate surface area is 204 Å². The van der Waals surface area contributed by atoms with Crippen molar-refractivity contribution in [3.8, 4) is 0 Å². The van der Waals surface area contributed by atoms with Gasteiger partial charge in [0.25, 0.3) is 0 Å². The van der Waals surface area contributed by atoms with Gasteiger partial charge in [-0.1, -0.05) is 79.4 Å². The third-order valence-corrected chi connectivity index (χ3v) is 11.0. The van der Waals surface area contributed by atoms with Crippen LogP contribution in [0.15, 0.2) is 11.6 Å². The lowest BCUT2D eigenvalue weighted by atomic mass is 9.47. The Hall–Kier alpha value is -0.790. The van der Waals surface area contributed by atoms with Crippen LogP contribution in [0, 0.1) is 52.3 Å². The number of ether oxygens (including phenoxy) is 1. The standard InChI is InChI=1S/C31H52O2/c1-20(2)9-8-10-22(5)26-13-14-27-25-12-11-23-19-24(33-29(32)21(3)4)15-17-30(23,6)28(25)16-18-31(26,27)7/h11,20-22,24-28H,8-10,12-19H2,1-7H3/t22-,24+,25-,26+,27-,28-,30-,31+/m0/s1. The first-order valence-electron chi connectivity index (χ1n) is 14.5. The fourth-order valence-electron chi connectivity index (χ4n) is 9.05. The quantitative estimate of drug-likeness (QED) is 0.283. The van der Waals surface area contributed by atoms with E-state index in [2.05, 4.69) is 40.7 Å². The van der Waals surface area contributed by atoms with Crippen molar-refractivity contribution in [1.29, 1.82) is 0 Å². The first-order chi connectivity index (χ1) is 15.6. The molecule has 0 radical (unpaired) electrons. The van der Waals surface area contributed by atoms with Crippen molar-refractivity contribution in [2.75, 3.05) is 0 Å². The molecule has 2 heteroatoms. The number of rotatable bonds is 7. The van der Waals surface area contributed by atoms with Crippen LogP contribution in [0.25, 0.3) is 0 Å². The molecule has 0 amide bonds. The lowest BCUT2D eigenvalue weighted by Crippen LogP contribution is -2.51. The number of hydrogen-bond acceptors (Lipinski definition) is 2. The van der Waals surface area contributed by atoms with Gasteiger partial charge in [-0.3, -0.25) is 4.79 Å². The van der Waals surface area contributed by atoms with Crippen molar-refractivity contribution in [1.82, 2.24) is 0 Å². The molecule has 0 heterocycles. The molecule has 0 aromatic rings. The lowest BCUT2D eigenvalue weighted by Gasteiger charge is -2.58. The minimum Gasteiger partial charge on any atom is -0.462 e. The van der Waals surface area contributed by atoms with Crippen molar-refractivity contribution in [3.05, 3.63) is 11.6 Å². The molecular weight excluding hydrogens is 404 g/mol. The normalized spacial score (nSPS) is 41.2. The minimum absolute atomic E-state index is 0.0224. The maximum atomic E-state index is 12.2. The van der Waals surface area contributed by atoms with E-state index in [1.807, 2.05) is 13.8 Å². The topological polar surface area (TPSA) is 26.3 Å². The van der Waals surface area contributed by atoms with Crippen LogP contribution in [-0.2, 0) is 9.53 Å². The van der Waals surface area contributed by atoms with Crippen LogP contribution in [0.2, 0.25) is 0 Å². The van der Waals surface area contributed by atoms with Gasteiger partial charge in [-0.05, 0) is 91.3 Å². The molecule has 0 aliphatic heterocycles. The molecule has 4 aliphatic rings. The average molecular weight is 457 g/mol. The highest BCUT2D eigenvalue weighted by Crippen LogP contribution is 2.67.